The van der Waals surface area contributed by atoms with Gasteiger partial charge in [-0.25, -0.2) is 0 Å². The van der Waals surface area contributed by atoms with Crippen molar-refractivity contribution in [3.63, 3.8) is 0 Å². The van der Waals surface area contributed by atoms with E-state index in [2.05, 4.69) is 0 Å². The molecule has 7 rings (SSSR count). The second-order valence-corrected chi connectivity index (χ2v) is 19.2. The van der Waals surface area contributed by atoms with Crippen molar-refractivity contribution in [2.75, 3.05) is 11.8 Å². The monoisotopic (exact) mass is 1170 g/mol. The van der Waals surface area contributed by atoms with Crippen molar-refractivity contribution in [2.24, 2.45) is 0 Å². The van der Waals surface area contributed by atoms with E-state index in [-0.39, 0.29) is 11.5 Å². The second-order valence-electron chi connectivity index (χ2n) is 17.3. The maximum Gasteiger partial charge on any atom is 0.416 e. The van der Waals surface area contributed by atoms with Gasteiger partial charge < -0.3 is 0 Å². The predicted molar refractivity (Wildman–Crippen MR) is 240 cm³/mol. The summed E-state index contributed by atoms with van der Waals surface area (Å²) in [4.78, 5) is 13.2. The molecule has 1 nitrogen and oxygen atoms in total. The Hall–Kier alpha value is -6.87. The Labute approximate surface area is 431 Å². The molecule has 2 aliphatic carbocycles. The van der Waals surface area contributed by atoms with E-state index < -0.39 is 212 Å². The fraction of sp³-hybridized carbons (Fsp3) is 0.196. The molecule has 0 aromatic heterocycles. The molecule has 0 saturated heterocycles. The summed E-state index contributed by atoms with van der Waals surface area (Å²) >= 11 is 0. The Kier molecular flexibility index (Phi) is 16.8. The van der Waals surface area contributed by atoms with Gasteiger partial charge in [0.05, 0.1) is 55.4 Å². The lowest BCUT2D eigenvalue weighted by Crippen LogP contribution is -2.75. The van der Waals surface area contributed by atoms with E-state index in [4.69, 9.17) is 0 Å². The molecule has 0 radical (unpaired) electrons. The standard InChI is InChI=1S/C32H12BF24.C19H16FOS/c34-25(35,36)13-1-14(26(37,38)39)6-21(5-13)33(22-7-15(27(40,41)42)2-16(8-22)28(43,44)45,23-9-17(29(46,47)48)3-18(10-23)30(49,50)51)24-11-19(31(52,53)54)4-20(12-24)32(55,56)57;20-14-22(13-19(21)15-7-3-1-4-8-15)18-11-16-9-5-2-6-10-17(16)12-18/h1-12H;1-12H,13-14H2/q-1;+1. The highest BCUT2D eigenvalue weighted by Crippen LogP contribution is 2.42. The molecule has 1 unspecified atom stereocenters. The third-order valence-corrected chi connectivity index (χ3v) is 13.8. The van der Waals surface area contributed by atoms with E-state index in [9.17, 15) is 115 Å². The number of hydrogen-bond donors (Lipinski definition) is 0. The van der Waals surface area contributed by atoms with Crippen LogP contribution in [0, 0.1) is 0 Å². The molecular formula is C51H28BF25OS. The predicted octanol–water partition coefficient (Wildman–Crippen LogP) is 15.8. The summed E-state index contributed by atoms with van der Waals surface area (Å²) in [5, 5.41) is 0. The van der Waals surface area contributed by atoms with Crippen LogP contribution in [-0.2, 0) is 60.3 Å². The van der Waals surface area contributed by atoms with Crippen LogP contribution in [0.4, 0.5) is 110 Å². The van der Waals surface area contributed by atoms with Gasteiger partial charge in [0.1, 0.15) is 6.15 Å². The molecule has 0 amide bonds. The van der Waals surface area contributed by atoms with Gasteiger partial charge in [-0.1, -0.05) is 109 Å². The van der Waals surface area contributed by atoms with Gasteiger partial charge in [-0.15, -0.1) is 0 Å². The summed E-state index contributed by atoms with van der Waals surface area (Å²) in [7, 11) is -0.690. The van der Waals surface area contributed by atoms with E-state index in [1.807, 2.05) is 60.7 Å². The summed E-state index contributed by atoms with van der Waals surface area (Å²) < 4.78 is 354. The van der Waals surface area contributed by atoms with Crippen molar-refractivity contribution in [1.29, 1.82) is 0 Å². The zero-order valence-corrected chi connectivity index (χ0v) is 39.4. The maximum atomic E-state index is 14.2. The number of rotatable bonds is 9. The average molecular weight is 1170 g/mol. The number of carbonyl (C=O) groups is 1. The maximum absolute atomic E-state index is 14.2. The number of alkyl halides is 25. The molecule has 79 heavy (non-hydrogen) atoms. The van der Waals surface area contributed by atoms with E-state index in [1.54, 1.807) is 12.1 Å². The summed E-state index contributed by atoms with van der Waals surface area (Å²) in [6, 6.07) is 13.7. The fourth-order valence-corrected chi connectivity index (χ4v) is 9.91. The number of benzene rings is 5. The van der Waals surface area contributed by atoms with Crippen LogP contribution in [0.15, 0.2) is 150 Å². The van der Waals surface area contributed by atoms with E-state index >= 15 is 0 Å². The molecule has 0 saturated carbocycles. The number of hydrogen-bond acceptors (Lipinski definition) is 1. The normalized spacial score (nSPS) is 13.7. The fourth-order valence-electron chi connectivity index (χ4n) is 8.47. The summed E-state index contributed by atoms with van der Waals surface area (Å²) in [6.07, 6.45) is -54.8. The lowest BCUT2D eigenvalue weighted by Gasteiger charge is -2.46. The molecule has 1 atom stereocenters. The molecule has 0 fully saturated rings. The highest BCUT2D eigenvalue weighted by molar-refractivity contribution is 7.97. The van der Waals surface area contributed by atoms with Crippen molar-refractivity contribution >= 4 is 44.7 Å². The number of halogens is 25. The van der Waals surface area contributed by atoms with E-state index in [0.29, 0.717) is 5.56 Å². The third-order valence-electron chi connectivity index (χ3n) is 12.0. The topological polar surface area (TPSA) is 17.1 Å². The van der Waals surface area contributed by atoms with Crippen molar-refractivity contribution in [2.45, 2.75) is 54.3 Å². The van der Waals surface area contributed by atoms with Crippen LogP contribution < -0.4 is 21.9 Å². The Bertz CT molecular complexity index is 2800. The molecule has 0 N–H and O–H groups in total. The first-order chi connectivity index (χ1) is 36.0. The summed E-state index contributed by atoms with van der Waals surface area (Å²) in [5.74, 6) is 0.223. The zero-order chi connectivity index (χ0) is 59.3. The molecule has 0 heterocycles. The summed E-state index contributed by atoms with van der Waals surface area (Å²) in [6.45, 7) is 0. The minimum atomic E-state index is -6.13. The van der Waals surface area contributed by atoms with Crippen LogP contribution in [0.2, 0.25) is 0 Å². The number of carbonyl (C=O) groups excluding carboxylic acids is 1. The van der Waals surface area contributed by atoms with Crippen molar-refractivity contribution in [3.8, 4) is 11.1 Å². The highest BCUT2D eigenvalue weighted by Gasteiger charge is 2.47. The number of ketones is 1. The molecule has 0 spiro atoms. The second kappa shape index (κ2) is 21.6. The molecule has 5 aromatic carbocycles. The van der Waals surface area contributed by atoms with Gasteiger partial charge in [0, 0.05) is 17.7 Å². The first-order valence-electron chi connectivity index (χ1n) is 21.7. The molecule has 5 aromatic rings. The van der Waals surface area contributed by atoms with E-state index in [0.717, 1.165) is 16.0 Å². The number of fused-ring (bicyclic) bond motifs is 1. The smallest absolute Gasteiger partial charge is 0.289 e. The quantitative estimate of drug-likeness (QED) is 0.0609. The van der Waals surface area contributed by atoms with Crippen LogP contribution in [0.1, 0.15) is 54.9 Å². The Morgan fingerprint density at radius 2 is 0.557 bits per heavy atom. The van der Waals surface area contributed by atoms with Gasteiger partial charge in [0.25, 0.3) is 6.01 Å². The highest BCUT2D eigenvalue weighted by atomic mass is 32.2. The first kappa shape index (κ1) is 61.3. The third kappa shape index (κ3) is 14.1. The Morgan fingerprint density at radius 1 is 0.329 bits per heavy atom. The van der Waals surface area contributed by atoms with Gasteiger partial charge in [0.15, 0.2) is 10.6 Å². The minimum absolute atomic E-state index is 0.00241. The van der Waals surface area contributed by atoms with Gasteiger partial charge in [-0.3, -0.25) is 4.79 Å². The molecular weight excluding hydrogens is 1150 g/mol. The SMILES string of the molecule is FC(F)(F)c1cc([B-](c2cc(C(F)(F)F)cc(C(F)(F)F)c2)(c2cc(C(F)(F)F)cc(C(F)(F)F)c2)c2cc(C(F)(F)F)cc(C(F)(F)F)c2)cc(C(F)(F)F)c1.O=C(C[S+](CF)c1cc2cccccc-2c1)c1ccccc1. The minimum Gasteiger partial charge on any atom is -0.289 e. The van der Waals surface area contributed by atoms with Crippen LogP contribution >= 0.6 is 0 Å². The molecule has 28 heteroatoms. The van der Waals surface area contributed by atoms with Crippen LogP contribution in [0.25, 0.3) is 11.1 Å². The zero-order valence-electron chi connectivity index (χ0n) is 38.6. The van der Waals surface area contributed by atoms with Crippen LogP contribution in [0.3, 0.4) is 0 Å². The van der Waals surface area contributed by atoms with Crippen LogP contribution in [0.5, 0.6) is 0 Å². The Morgan fingerprint density at radius 3 is 0.772 bits per heavy atom. The van der Waals surface area contributed by atoms with Gasteiger partial charge >= 0.3 is 49.4 Å². The lowest BCUT2D eigenvalue weighted by atomic mass is 9.12. The summed E-state index contributed by atoms with van der Waals surface area (Å²) in [5.41, 5.74) is -27.4. The van der Waals surface area contributed by atoms with Crippen LogP contribution in [-0.4, -0.2) is 23.7 Å². The largest absolute Gasteiger partial charge is 0.416 e. The Balaban J connectivity index is 0.000000378. The molecule has 0 aliphatic heterocycles. The molecule has 0 bridgehead atoms. The molecule has 2 aliphatic rings. The van der Waals surface area contributed by atoms with Crippen molar-refractivity contribution in [3.05, 3.63) is 196 Å². The van der Waals surface area contributed by atoms with Gasteiger partial charge in [-0.05, 0) is 35.4 Å². The van der Waals surface area contributed by atoms with Gasteiger partial charge in [-0.2, -0.15) is 132 Å². The van der Waals surface area contributed by atoms with Crippen molar-refractivity contribution < 1.29 is 115 Å². The van der Waals surface area contributed by atoms with E-state index in [1.165, 1.54) is 0 Å². The van der Waals surface area contributed by atoms with Crippen molar-refractivity contribution in [1.82, 2.24) is 0 Å². The number of Topliss-reactive ketones (excluding diaryl/α,β-unsaturated/α-hetero) is 1. The first-order valence-corrected chi connectivity index (χ1v) is 23.3. The average Bonchev–Trinajstić information content (AvgIpc) is 3.83. The lowest BCUT2D eigenvalue weighted by molar-refractivity contribution is -0.144. The van der Waals surface area contributed by atoms with Gasteiger partial charge in [0.2, 0.25) is 5.78 Å². The molecule has 422 valence electrons.